The third-order valence-electron chi connectivity index (χ3n) is 13.8. The number of Topliss-reactive ketones (excluding diaryl/α,β-unsaturated/α-hetero) is 3. The van der Waals surface area contributed by atoms with Crippen LogP contribution in [0.1, 0.15) is 85.4 Å². The number of aryl methyl sites for hydroxylation is 1. The van der Waals surface area contributed by atoms with Crippen LogP contribution in [0.2, 0.25) is 36.3 Å². The molecule has 0 radical (unpaired) electrons. The monoisotopic (exact) mass is 1080 g/mol. The maximum atomic E-state index is 13.2. The maximum absolute atomic E-state index is 13.2. The fourth-order valence-electron chi connectivity index (χ4n) is 8.65. The maximum Gasteiger partial charge on any atom is 0.316 e. The van der Waals surface area contributed by atoms with E-state index in [1.165, 1.54) is 7.11 Å². The zero-order valence-corrected chi connectivity index (χ0v) is 49.3. The van der Waals surface area contributed by atoms with Gasteiger partial charge in [-0.2, -0.15) is 8.42 Å². The van der Waals surface area contributed by atoms with Crippen molar-refractivity contribution < 1.29 is 50.1 Å². The van der Waals surface area contributed by atoms with Crippen LogP contribution in [-0.4, -0.2) is 88.0 Å². The van der Waals surface area contributed by atoms with Gasteiger partial charge in [-0.05, 0) is 108 Å². The Kier molecular flexibility index (Phi) is 28.3. The molecule has 0 bridgehead atoms. The molecule has 0 N–H and O–H groups in total. The molecule has 0 aromatic heterocycles. The van der Waals surface area contributed by atoms with Crippen molar-refractivity contribution in [3.8, 4) is 22.3 Å². The molecule has 11 nitrogen and oxygen atoms in total. The molecule has 0 fully saturated rings. The molecule has 3 atom stereocenters. The molecule has 0 aliphatic heterocycles. The lowest BCUT2D eigenvalue weighted by Crippen LogP contribution is -2.41. The minimum absolute atomic E-state index is 0.00130. The van der Waals surface area contributed by atoms with Crippen LogP contribution in [-0.2, 0) is 64.6 Å². The number of ether oxygens (including phenoxy) is 2. The van der Waals surface area contributed by atoms with Gasteiger partial charge in [-0.3, -0.25) is 23.4 Å². The Morgan fingerprint density at radius 1 is 0.533 bits per heavy atom. The fourth-order valence-corrected chi connectivity index (χ4v) is 15.2. The second-order valence-corrected chi connectivity index (χ2v) is 30.2. The Morgan fingerprint density at radius 3 is 1.39 bits per heavy atom. The predicted octanol–water partition coefficient (Wildman–Crippen LogP) is 13.5. The van der Waals surface area contributed by atoms with Gasteiger partial charge in [-0.15, -0.1) is 0 Å². The number of esters is 1. The van der Waals surface area contributed by atoms with Crippen molar-refractivity contribution in [1.82, 2.24) is 0 Å². The number of carbonyl (C=O) groups excluding carboxylic acids is 4. The molecule has 0 saturated heterocycles. The van der Waals surface area contributed by atoms with E-state index in [1.54, 1.807) is 38.1 Å². The molecular formula is C61H84O11SSi2. The van der Waals surface area contributed by atoms with Gasteiger partial charge in [0.25, 0.3) is 10.1 Å². The summed E-state index contributed by atoms with van der Waals surface area (Å²) < 4.78 is 52.2. The Labute approximate surface area is 451 Å². The lowest BCUT2D eigenvalue weighted by molar-refractivity contribution is -0.154. The number of methoxy groups -OCH3 is 1. The minimum Gasteiger partial charge on any atom is -0.465 e. The van der Waals surface area contributed by atoms with Crippen molar-refractivity contribution in [3.05, 3.63) is 150 Å². The summed E-state index contributed by atoms with van der Waals surface area (Å²) in [6.07, 6.45) is -0.0533. The molecule has 5 rings (SSSR count). The lowest BCUT2D eigenvalue weighted by atomic mass is 9.87. The largest absolute Gasteiger partial charge is 0.465 e. The zero-order chi connectivity index (χ0) is 55.4. The highest BCUT2D eigenvalue weighted by Crippen LogP contribution is 2.27. The summed E-state index contributed by atoms with van der Waals surface area (Å²) in [5, 5.41) is 0. The number of hydrogen-bond donors (Lipinski definition) is 0. The standard InChI is InChI=1S/C27H38O4Si.C18H18O3.C16H28O4SSi/c1-6-30-27(29)26(21(5)20-31-32(7-2,8-3)9-4)25(28)19-22-15-17-24(18-16-22)23-13-11-10-12-14-23;1-21-13-18(20)12-17(19)11-14-7-9-16(10-8-14)15-5-3-2-4-6-15;1-6-22(7-2,8-3)19-13-15(5)20-21(17,18)16-11-9-14(4)10-12-16/h10-18,21,26H,6-9,19-20H2,1-5H3;2-10H,11-13H2,1H3;9-12,15H,6-8,13H2,1-5H3/t21-,26?;;15-/m0.1/s1. The molecule has 0 heterocycles. The van der Waals surface area contributed by atoms with Gasteiger partial charge in [0, 0.05) is 26.6 Å². The molecule has 1 unspecified atom stereocenters. The van der Waals surface area contributed by atoms with Gasteiger partial charge in [0.05, 0.1) is 30.6 Å². The van der Waals surface area contributed by atoms with Gasteiger partial charge >= 0.3 is 5.97 Å². The summed E-state index contributed by atoms with van der Waals surface area (Å²) in [5.74, 6) is -1.83. The highest BCUT2D eigenvalue weighted by atomic mass is 32.2. The van der Waals surface area contributed by atoms with Crippen molar-refractivity contribution in [3.63, 3.8) is 0 Å². The Balaban J connectivity index is 0.000000306. The highest BCUT2D eigenvalue weighted by molar-refractivity contribution is 7.86. The molecule has 5 aromatic carbocycles. The minimum atomic E-state index is -3.73. The van der Waals surface area contributed by atoms with E-state index in [2.05, 4.69) is 53.7 Å². The van der Waals surface area contributed by atoms with Crippen molar-refractivity contribution >= 4 is 50.1 Å². The van der Waals surface area contributed by atoms with Crippen LogP contribution in [0.25, 0.3) is 22.3 Å². The van der Waals surface area contributed by atoms with Crippen molar-refractivity contribution in [2.24, 2.45) is 11.8 Å². The fraction of sp³-hybridized carbons (Fsp3) is 0.443. The Morgan fingerprint density at radius 2 is 0.960 bits per heavy atom. The summed E-state index contributed by atoms with van der Waals surface area (Å²) >= 11 is 0. The van der Waals surface area contributed by atoms with E-state index < -0.39 is 44.7 Å². The van der Waals surface area contributed by atoms with Crippen molar-refractivity contribution in [2.45, 2.75) is 136 Å². The number of ketones is 3. The van der Waals surface area contributed by atoms with E-state index in [9.17, 15) is 27.6 Å². The number of benzene rings is 5. The second kappa shape index (κ2) is 33.1. The van der Waals surface area contributed by atoms with E-state index in [1.807, 2.05) is 111 Å². The van der Waals surface area contributed by atoms with Crippen molar-refractivity contribution in [2.75, 3.05) is 33.5 Å². The van der Waals surface area contributed by atoms with Crippen LogP contribution in [0.3, 0.4) is 0 Å². The van der Waals surface area contributed by atoms with E-state index in [0.29, 0.717) is 13.2 Å². The summed E-state index contributed by atoms with van der Waals surface area (Å²) in [6, 6.07) is 48.9. The van der Waals surface area contributed by atoms with Crippen molar-refractivity contribution in [1.29, 1.82) is 0 Å². The van der Waals surface area contributed by atoms with Gasteiger partial charge < -0.3 is 18.3 Å². The van der Waals surface area contributed by atoms with E-state index in [0.717, 1.165) is 75.2 Å². The van der Waals surface area contributed by atoms with Gasteiger partial charge in [0.2, 0.25) is 0 Å². The molecule has 0 aliphatic rings. The van der Waals surface area contributed by atoms with Gasteiger partial charge in [-0.25, -0.2) is 0 Å². The molecule has 408 valence electrons. The number of carbonyl (C=O) groups is 4. The molecule has 0 amide bonds. The summed E-state index contributed by atoms with van der Waals surface area (Å²) in [7, 11) is -5.79. The molecule has 0 spiro atoms. The molecule has 14 heteroatoms. The second-order valence-electron chi connectivity index (χ2n) is 19.1. The van der Waals surface area contributed by atoms with E-state index in [4.69, 9.17) is 22.5 Å². The molecule has 0 saturated carbocycles. The normalized spacial score (nSPS) is 12.7. The summed E-state index contributed by atoms with van der Waals surface area (Å²) in [6.45, 7) is 21.3. The van der Waals surface area contributed by atoms with Crippen LogP contribution < -0.4 is 0 Å². The first kappa shape index (κ1) is 64.1. The third kappa shape index (κ3) is 21.4. The smallest absolute Gasteiger partial charge is 0.316 e. The number of rotatable bonds is 29. The Bertz CT molecular complexity index is 2550. The number of hydrogen-bond acceptors (Lipinski definition) is 11. The van der Waals surface area contributed by atoms with Crippen LogP contribution in [0.4, 0.5) is 0 Å². The van der Waals surface area contributed by atoms with Crippen LogP contribution in [0.5, 0.6) is 0 Å². The topological polar surface area (TPSA) is 149 Å². The van der Waals surface area contributed by atoms with E-state index in [-0.39, 0.29) is 60.6 Å². The average Bonchev–Trinajstić information content (AvgIpc) is 3.41. The zero-order valence-electron chi connectivity index (χ0n) is 46.5. The first-order valence-electron chi connectivity index (χ1n) is 26.6. The van der Waals surface area contributed by atoms with Crippen LogP contribution in [0, 0.1) is 18.8 Å². The van der Waals surface area contributed by atoms with Gasteiger partial charge in [0.15, 0.2) is 28.2 Å². The molecule has 75 heavy (non-hydrogen) atoms. The molecule has 0 aliphatic carbocycles. The lowest BCUT2D eigenvalue weighted by Gasteiger charge is -2.31. The summed E-state index contributed by atoms with van der Waals surface area (Å²) in [4.78, 5) is 49.2. The third-order valence-corrected chi connectivity index (χ3v) is 24.5. The first-order chi connectivity index (χ1) is 35.9. The highest BCUT2D eigenvalue weighted by Gasteiger charge is 2.36. The summed E-state index contributed by atoms with van der Waals surface area (Å²) in [5.41, 5.74) is 7.33. The quantitative estimate of drug-likeness (QED) is 0.0195. The molecule has 5 aromatic rings. The Hall–Kier alpha value is -5.20. The SMILES string of the molecule is CCOC(=O)C(C(=O)Cc1ccc(-c2ccccc2)cc1)[C@@H](C)CO[Si](CC)(CC)CC.CC[Si](CC)(CC)OC[C@@H](C)OS(=O)(=O)c1ccc(C)cc1.COCC(=O)CC(=O)Cc1ccc(-c2ccccc2)cc1. The average molecular weight is 1080 g/mol. The van der Waals surface area contributed by atoms with Crippen LogP contribution in [0.15, 0.2) is 138 Å². The van der Waals surface area contributed by atoms with Crippen LogP contribution >= 0.6 is 0 Å². The van der Waals surface area contributed by atoms with Gasteiger partial charge in [-0.1, -0.05) is 175 Å². The molecular weight excluding hydrogens is 997 g/mol. The predicted molar refractivity (Wildman–Crippen MR) is 307 cm³/mol. The van der Waals surface area contributed by atoms with E-state index >= 15 is 0 Å². The first-order valence-corrected chi connectivity index (χ1v) is 33.1. The van der Waals surface area contributed by atoms with Gasteiger partial charge in [0.1, 0.15) is 18.3 Å².